The molecule has 2 bridgehead atoms. The molecule has 0 saturated carbocycles. The minimum Gasteiger partial charge on any atom is -0.308 e. The first-order chi connectivity index (χ1) is 8.33. The highest BCUT2D eigenvalue weighted by atomic mass is 15.2. The minimum atomic E-state index is 0.720. The van der Waals surface area contributed by atoms with Crippen molar-refractivity contribution < 1.29 is 0 Å². The number of hydrogen-bond acceptors (Lipinski definition) is 2. The van der Waals surface area contributed by atoms with E-state index in [4.69, 9.17) is 0 Å². The zero-order valence-electron chi connectivity index (χ0n) is 10.7. The zero-order chi connectivity index (χ0) is 11.7. The van der Waals surface area contributed by atoms with Crippen molar-refractivity contribution in [2.75, 3.05) is 19.6 Å². The van der Waals surface area contributed by atoms with Crippen LogP contribution in [0.15, 0.2) is 24.3 Å². The van der Waals surface area contributed by atoms with Crippen LogP contribution in [0.25, 0.3) is 0 Å². The summed E-state index contributed by atoms with van der Waals surface area (Å²) in [6.07, 6.45) is 2.79. The summed E-state index contributed by atoms with van der Waals surface area (Å²) in [4.78, 5) is 2.61. The molecule has 2 nitrogen and oxygen atoms in total. The molecule has 3 aliphatic heterocycles. The third kappa shape index (κ3) is 2.38. The van der Waals surface area contributed by atoms with Crippen LogP contribution in [-0.4, -0.2) is 30.6 Å². The van der Waals surface area contributed by atoms with E-state index in [0.29, 0.717) is 0 Å². The highest BCUT2D eigenvalue weighted by Gasteiger charge is 2.33. The summed E-state index contributed by atoms with van der Waals surface area (Å²) < 4.78 is 0. The van der Waals surface area contributed by atoms with Crippen LogP contribution in [0, 0.1) is 12.8 Å². The van der Waals surface area contributed by atoms with Crippen LogP contribution >= 0.6 is 0 Å². The van der Waals surface area contributed by atoms with Crippen LogP contribution < -0.4 is 5.32 Å². The standard InChI is InChI=1S/C15H22N2/c1-12-4-2-3-5-14(12)10-16-15-11-17-8-6-13(15)7-9-17/h2-5,13,15-16H,6-11H2,1H3/t15-/m1/s1. The van der Waals surface area contributed by atoms with E-state index in [1.54, 1.807) is 0 Å². The molecule has 1 aromatic rings. The van der Waals surface area contributed by atoms with Crippen molar-refractivity contribution in [3.8, 4) is 0 Å². The second kappa shape index (κ2) is 4.79. The topological polar surface area (TPSA) is 15.3 Å². The molecule has 1 N–H and O–H groups in total. The van der Waals surface area contributed by atoms with E-state index in [-0.39, 0.29) is 0 Å². The molecule has 0 aromatic heterocycles. The molecule has 2 heteroatoms. The molecule has 0 aliphatic carbocycles. The SMILES string of the molecule is Cc1ccccc1CN[C@@H]1CN2CCC1CC2. The first kappa shape index (κ1) is 11.2. The molecule has 3 heterocycles. The van der Waals surface area contributed by atoms with Gasteiger partial charge in [-0.1, -0.05) is 24.3 Å². The second-order valence-corrected chi connectivity index (χ2v) is 5.55. The zero-order valence-corrected chi connectivity index (χ0v) is 10.7. The molecule has 0 unspecified atom stereocenters. The first-order valence-electron chi connectivity index (χ1n) is 6.83. The van der Waals surface area contributed by atoms with Gasteiger partial charge in [0.2, 0.25) is 0 Å². The molecule has 3 saturated heterocycles. The Kier molecular flexibility index (Phi) is 3.17. The van der Waals surface area contributed by atoms with E-state index >= 15 is 0 Å². The molecule has 92 valence electrons. The normalized spacial score (nSPS) is 31.7. The number of nitrogens with one attached hydrogen (secondary N) is 1. The lowest BCUT2D eigenvalue weighted by molar-refractivity contribution is 0.0720. The maximum Gasteiger partial charge on any atom is 0.0227 e. The molecule has 1 aromatic carbocycles. The lowest BCUT2D eigenvalue weighted by Crippen LogP contribution is -2.55. The molecule has 17 heavy (non-hydrogen) atoms. The fourth-order valence-electron chi connectivity index (χ4n) is 3.25. The number of hydrogen-bond donors (Lipinski definition) is 1. The van der Waals surface area contributed by atoms with E-state index < -0.39 is 0 Å². The van der Waals surface area contributed by atoms with Crippen molar-refractivity contribution in [3.05, 3.63) is 35.4 Å². The highest BCUT2D eigenvalue weighted by molar-refractivity contribution is 5.25. The Balaban J connectivity index is 1.60. The maximum absolute atomic E-state index is 3.77. The van der Waals surface area contributed by atoms with Gasteiger partial charge in [0.15, 0.2) is 0 Å². The summed E-state index contributed by atoms with van der Waals surface area (Å²) in [5.74, 6) is 0.920. The number of benzene rings is 1. The van der Waals surface area contributed by atoms with Crippen molar-refractivity contribution in [1.29, 1.82) is 0 Å². The Hall–Kier alpha value is -0.860. The van der Waals surface area contributed by atoms with Gasteiger partial charge in [-0.25, -0.2) is 0 Å². The van der Waals surface area contributed by atoms with Crippen molar-refractivity contribution in [3.63, 3.8) is 0 Å². The predicted molar refractivity (Wildman–Crippen MR) is 71.0 cm³/mol. The van der Waals surface area contributed by atoms with Gasteiger partial charge in [-0.2, -0.15) is 0 Å². The molecule has 3 aliphatic rings. The Labute approximate surface area is 104 Å². The largest absolute Gasteiger partial charge is 0.308 e. The fourth-order valence-corrected chi connectivity index (χ4v) is 3.25. The Morgan fingerprint density at radius 3 is 2.65 bits per heavy atom. The Morgan fingerprint density at radius 1 is 1.24 bits per heavy atom. The van der Waals surface area contributed by atoms with Crippen LogP contribution in [0.1, 0.15) is 24.0 Å². The van der Waals surface area contributed by atoms with Gasteiger partial charge in [0.1, 0.15) is 0 Å². The Morgan fingerprint density at radius 2 is 2.00 bits per heavy atom. The van der Waals surface area contributed by atoms with Gasteiger partial charge in [0.05, 0.1) is 0 Å². The van der Waals surface area contributed by atoms with Crippen LogP contribution in [0.4, 0.5) is 0 Å². The summed E-state index contributed by atoms with van der Waals surface area (Å²) in [6, 6.07) is 9.42. The van der Waals surface area contributed by atoms with Gasteiger partial charge in [0.25, 0.3) is 0 Å². The predicted octanol–water partition coefficient (Wildman–Crippen LogP) is 2.18. The van der Waals surface area contributed by atoms with E-state index in [2.05, 4.69) is 41.4 Å². The number of piperidine rings is 3. The first-order valence-corrected chi connectivity index (χ1v) is 6.83. The molecule has 1 atom stereocenters. The van der Waals surface area contributed by atoms with E-state index in [1.165, 1.54) is 43.6 Å². The van der Waals surface area contributed by atoms with Crippen LogP contribution in [-0.2, 0) is 6.54 Å². The van der Waals surface area contributed by atoms with Gasteiger partial charge < -0.3 is 10.2 Å². The Bertz CT molecular complexity index is 380. The smallest absolute Gasteiger partial charge is 0.0227 e. The summed E-state index contributed by atoms with van der Waals surface area (Å²) in [5.41, 5.74) is 2.85. The average molecular weight is 230 g/mol. The van der Waals surface area contributed by atoms with Gasteiger partial charge in [-0.15, -0.1) is 0 Å². The summed E-state index contributed by atoms with van der Waals surface area (Å²) in [5, 5.41) is 3.77. The van der Waals surface area contributed by atoms with Gasteiger partial charge in [-0.3, -0.25) is 0 Å². The molecular weight excluding hydrogens is 208 g/mol. The van der Waals surface area contributed by atoms with Gasteiger partial charge in [0, 0.05) is 19.1 Å². The average Bonchev–Trinajstić information content (AvgIpc) is 2.39. The lowest BCUT2D eigenvalue weighted by Gasteiger charge is -2.45. The van der Waals surface area contributed by atoms with Crippen LogP contribution in [0.2, 0.25) is 0 Å². The number of fused-ring (bicyclic) bond motifs is 3. The minimum absolute atomic E-state index is 0.720. The quantitative estimate of drug-likeness (QED) is 0.856. The van der Waals surface area contributed by atoms with Crippen molar-refractivity contribution in [1.82, 2.24) is 10.2 Å². The third-order valence-electron chi connectivity index (χ3n) is 4.47. The van der Waals surface area contributed by atoms with E-state index in [1.807, 2.05) is 0 Å². The molecule has 3 fully saturated rings. The highest BCUT2D eigenvalue weighted by Crippen LogP contribution is 2.27. The maximum atomic E-state index is 3.77. The number of aryl methyl sites for hydroxylation is 1. The van der Waals surface area contributed by atoms with Crippen LogP contribution in [0.3, 0.4) is 0 Å². The molecule has 0 amide bonds. The van der Waals surface area contributed by atoms with Crippen LogP contribution in [0.5, 0.6) is 0 Å². The number of rotatable bonds is 3. The van der Waals surface area contributed by atoms with E-state index in [0.717, 1.165) is 18.5 Å². The van der Waals surface area contributed by atoms with Crippen molar-refractivity contribution in [2.45, 2.75) is 32.4 Å². The van der Waals surface area contributed by atoms with Crippen molar-refractivity contribution in [2.24, 2.45) is 5.92 Å². The van der Waals surface area contributed by atoms with Gasteiger partial charge in [-0.05, 0) is 49.9 Å². The molecular formula is C15H22N2. The summed E-state index contributed by atoms with van der Waals surface area (Å²) in [7, 11) is 0. The summed E-state index contributed by atoms with van der Waals surface area (Å²) in [6.45, 7) is 7.15. The third-order valence-corrected chi connectivity index (χ3v) is 4.47. The molecule has 0 radical (unpaired) electrons. The lowest BCUT2D eigenvalue weighted by atomic mass is 9.84. The second-order valence-electron chi connectivity index (χ2n) is 5.55. The fraction of sp³-hybridized carbons (Fsp3) is 0.600. The monoisotopic (exact) mass is 230 g/mol. The van der Waals surface area contributed by atoms with Crippen molar-refractivity contribution >= 4 is 0 Å². The number of nitrogens with zero attached hydrogens (tertiary/aromatic N) is 1. The molecule has 4 rings (SSSR count). The summed E-state index contributed by atoms with van der Waals surface area (Å²) >= 11 is 0. The molecule has 0 spiro atoms. The van der Waals surface area contributed by atoms with Gasteiger partial charge >= 0.3 is 0 Å². The van der Waals surface area contributed by atoms with E-state index in [9.17, 15) is 0 Å².